The summed E-state index contributed by atoms with van der Waals surface area (Å²) < 4.78 is 0.821. The predicted molar refractivity (Wildman–Crippen MR) is 87.5 cm³/mol. The number of halogens is 1. The minimum Gasteiger partial charge on any atom is -0.480 e. The normalized spacial score (nSPS) is 20.6. The summed E-state index contributed by atoms with van der Waals surface area (Å²) in [5.41, 5.74) is 4.89. The summed E-state index contributed by atoms with van der Waals surface area (Å²) in [5, 5.41) is 14.3. The first-order valence-electron chi connectivity index (χ1n) is 6.81. The van der Waals surface area contributed by atoms with Crippen molar-refractivity contribution in [2.45, 2.75) is 18.7 Å². The highest BCUT2D eigenvalue weighted by Crippen LogP contribution is 2.39. The zero-order chi connectivity index (χ0) is 15.5. The fraction of sp³-hybridized carbons (Fsp3) is 0.267. The van der Waals surface area contributed by atoms with Gasteiger partial charge in [-0.15, -0.1) is 11.3 Å². The van der Waals surface area contributed by atoms with Crippen molar-refractivity contribution in [1.82, 2.24) is 10.8 Å². The predicted octanol–water partition coefficient (Wildman–Crippen LogP) is 3.00. The molecule has 2 atom stereocenters. The number of carboxylic acid groups (broad SMARTS) is 1. The number of hydroxylamine groups is 1. The molecule has 0 spiro atoms. The molecule has 0 radical (unpaired) electrons. The van der Waals surface area contributed by atoms with Gasteiger partial charge in [-0.1, -0.05) is 30.3 Å². The maximum atomic E-state index is 11.3. The Morgan fingerprint density at radius 3 is 2.95 bits per heavy atom. The number of rotatable bonds is 5. The molecule has 0 saturated heterocycles. The summed E-state index contributed by atoms with van der Waals surface area (Å²) in [6, 6.07) is 9.14. The van der Waals surface area contributed by atoms with Gasteiger partial charge in [0.2, 0.25) is 0 Å². The molecule has 2 unspecified atom stereocenters. The molecule has 1 aromatic carbocycles. The van der Waals surface area contributed by atoms with E-state index in [0.29, 0.717) is 13.2 Å². The minimum atomic E-state index is -0.871. The fourth-order valence-electron chi connectivity index (χ4n) is 2.45. The van der Waals surface area contributed by atoms with Gasteiger partial charge in [0.25, 0.3) is 0 Å². The zero-order valence-electron chi connectivity index (χ0n) is 11.6. The van der Waals surface area contributed by atoms with Crippen LogP contribution in [0.15, 0.2) is 40.2 Å². The molecule has 1 aromatic heterocycles. The molecule has 7 heteroatoms. The van der Waals surface area contributed by atoms with Crippen LogP contribution in [0.3, 0.4) is 0 Å². The summed E-state index contributed by atoms with van der Waals surface area (Å²) in [4.78, 5) is 17.9. The van der Waals surface area contributed by atoms with Gasteiger partial charge in [0.15, 0.2) is 0 Å². The monoisotopic (exact) mass is 382 g/mol. The molecule has 5 nitrogen and oxygen atoms in total. The number of hydrogen-bond donors (Lipinski definition) is 3. The third kappa shape index (κ3) is 3.23. The number of aliphatic carboxylic acids is 1. The summed E-state index contributed by atoms with van der Waals surface area (Å²) in [7, 11) is 0. The van der Waals surface area contributed by atoms with E-state index in [0.717, 1.165) is 20.5 Å². The van der Waals surface area contributed by atoms with Gasteiger partial charge in [-0.05, 0) is 21.5 Å². The number of carbonyl (C=O) groups is 1. The van der Waals surface area contributed by atoms with Crippen LogP contribution in [0.1, 0.15) is 28.1 Å². The SMILES string of the molecule is O=C(O)C1NCC(NOCc2ccccc2)c2scc(Br)c21. The van der Waals surface area contributed by atoms with E-state index in [2.05, 4.69) is 26.7 Å². The molecule has 22 heavy (non-hydrogen) atoms. The van der Waals surface area contributed by atoms with Crippen LogP contribution in [-0.4, -0.2) is 17.6 Å². The van der Waals surface area contributed by atoms with Crippen LogP contribution in [0.2, 0.25) is 0 Å². The van der Waals surface area contributed by atoms with Crippen molar-refractivity contribution in [3.05, 3.63) is 56.2 Å². The number of thiophene rings is 1. The molecule has 2 heterocycles. The van der Waals surface area contributed by atoms with Gasteiger partial charge in [-0.2, -0.15) is 5.48 Å². The molecule has 1 aliphatic rings. The summed E-state index contributed by atoms with van der Waals surface area (Å²) in [6.45, 7) is 0.966. The average Bonchev–Trinajstić information content (AvgIpc) is 2.91. The first-order chi connectivity index (χ1) is 10.7. The average molecular weight is 383 g/mol. The maximum Gasteiger partial charge on any atom is 0.325 e. The lowest BCUT2D eigenvalue weighted by Crippen LogP contribution is -2.41. The number of carboxylic acids is 1. The van der Waals surface area contributed by atoms with E-state index in [4.69, 9.17) is 4.84 Å². The van der Waals surface area contributed by atoms with Gasteiger partial charge >= 0.3 is 5.97 Å². The van der Waals surface area contributed by atoms with Crippen LogP contribution in [-0.2, 0) is 16.2 Å². The number of hydrogen-bond acceptors (Lipinski definition) is 5. The second-order valence-corrected chi connectivity index (χ2v) is 6.75. The highest BCUT2D eigenvalue weighted by atomic mass is 79.9. The lowest BCUT2D eigenvalue weighted by atomic mass is 10.00. The molecular weight excluding hydrogens is 368 g/mol. The van der Waals surface area contributed by atoms with E-state index < -0.39 is 12.0 Å². The Labute approximate surface area is 140 Å². The first-order valence-corrected chi connectivity index (χ1v) is 8.48. The Bertz CT molecular complexity index is 662. The van der Waals surface area contributed by atoms with Crippen LogP contribution in [0.5, 0.6) is 0 Å². The first kappa shape index (κ1) is 15.6. The Hall–Kier alpha value is -1.25. The fourth-order valence-corrected chi connectivity index (χ4v) is 4.31. The molecule has 0 fully saturated rings. The zero-order valence-corrected chi connectivity index (χ0v) is 14.0. The quantitative estimate of drug-likeness (QED) is 0.693. The second kappa shape index (κ2) is 6.89. The van der Waals surface area contributed by atoms with Crippen molar-refractivity contribution in [1.29, 1.82) is 0 Å². The van der Waals surface area contributed by atoms with Crippen molar-refractivity contribution in [2.75, 3.05) is 6.54 Å². The molecule has 2 aromatic rings. The van der Waals surface area contributed by atoms with Crippen molar-refractivity contribution in [3.8, 4) is 0 Å². The third-order valence-electron chi connectivity index (χ3n) is 3.50. The molecule has 0 amide bonds. The third-order valence-corrected chi connectivity index (χ3v) is 5.57. The lowest BCUT2D eigenvalue weighted by molar-refractivity contribution is -0.140. The molecule has 116 valence electrons. The molecule has 3 rings (SSSR count). The van der Waals surface area contributed by atoms with Gasteiger partial charge in [-0.25, -0.2) is 0 Å². The minimum absolute atomic E-state index is 0.0642. The molecule has 0 saturated carbocycles. The van der Waals surface area contributed by atoms with E-state index in [-0.39, 0.29) is 6.04 Å². The molecular formula is C15H15BrN2O3S. The Kier molecular flexibility index (Phi) is 4.90. The van der Waals surface area contributed by atoms with Gasteiger partial charge in [0.1, 0.15) is 6.04 Å². The van der Waals surface area contributed by atoms with E-state index in [1.807, 2.05) is 35.7 Å². The molecule has 0 aliphatic carbocycles. The van der Waals surface area contributed by atoms with Crippen molar-refractivity contribution in [2.24, 2.45) is 0 Å². The van der Waals surface area contributed by atoms with Crippen molar-refractivity contribution in [3.63, 3.8) is 0 Å². The molecule has 0 bridgehead atoms. The summed E-state index contributed by atoms with van der Waals surface area (Å²) >= 11 is 4.97. The Balaban J connectivity index is 1.68. The lowest BCUT2D eigenvalue weighted by Gasteiger charge is -2.28. The van der Waals surface area contributed by atoms with E-state index >= 15 is 0 Å². The molecule has 1 aliphatic heterocycles. The van der Waals surface area contributed by atoms with Crippen LogP contribution < -0.4 is 10.8 Å². The summed E-state index contributed by atoms with van der Waals surface area (Å²) in [5.74, 6) is -0.871. The van der Waals surface area contributed by atoms with Crippen LogP contribution >= 0.6 is 27.3 Å². The maximum absolute atomic E-state index is 11.3. The van der Waals surface area contributed by atoms with Crippen LogP contribution in [0.25, 0.3) is 0 Å². The van der Waals surface area contributed by atoms with Gasteiger partial charge in [0.05, 0.1) is 12.6 Å². The second-order valence-electron chi connectivity index (χ2n) is 4.99. The van der Waals surface area contributed by atoms with Crippen molar-refractivity contribution >= 4 is 33.2 Å². The Morgan fingerprint density at radius 2 is 2.23 bits per heavy atom. The van der Waals surface area contributed by atoms with E-state index in [1.165, 1.54) is 11.3 Å². The van der Waals surface area contributed by atoms with Gasteiger partial charge in [0, 0.05) is 26.8 Å². The van der Waals surface area contributed by atoms with Gasteiger partial charge < -0.3 is 5.11 Å². The van der Waals surface area contributed by atoms with Crippen LogP contribution in [0.4, 0.5) is 0 Å². The standard InChI is InChI=1S/C15H15BrN2O3S/c16-10-8-22-14-11(6-17-13(12(10)14)15(19)20)18-21-7-9-4-2-1-3-5-9/h1-5,8,11,13,17-18H,6-7H2,(H,19,20). The largest absolute Gasteiger partial charge is 0.480 e. The van der Waals surface area contributed by atoms with E-state index in [1.54, 1.807) is 0 Å². The summed E-state index contributed by atoms with van der Waals surface area (Å²) in [6.07, 6.45) is 0. The van der Waals surface area contributed by atoms with Crippen molar-refractivity contribution < 1.29 is 14.7 Å². The van der Waals surface area contributed by atoms with Crippen LogP contribution in [0, 0.1) is 0 Å². The number of nitrogens with one attached hydrogen (secondary N) is 2. The van der Waals surface area contributed by atoms with Gasteiger partial charge in [-0.3, -0.25) is 14.9 Å². The highest BCUT2D eigenvalue weighted by molar-refractivity contribution is 9.10. The molecule has 3 N–H and O–H groups in total. The Morgan fingerprint density at radius 1 is 1.45 bits per heavy atom. The van der Waals surface area contributed by atoms with E-state index in [9.17, 15) is 9.90 Å². The topological polar surface area (TPSA) is 70.6 Å². The smallest absolute Gasteiger partial charge is 0.325 e. The number of fused-ring (bicyclic) bond motifs is 1. The highest BCUT2D eigenvalue weighted by Gasteiger charge is 2.34. The number of benzene rings is 1.